The molecule has 0 spiro atoms. The molecule has 1 aliphatic rings. The van der Waals surface area contributed by atoms with Crippen LogP contribution in [0.1, 0.15) is 24.8 Å². The fourth-order valence-electron chi connectivity index (χ4n) is 5.20. The summed E-state index contributed by atoms with van der Waals surface area (Å²) in [6, 6.07) is 25.2. The summed E-state index contributed by atoms with van der Waals surface area (Å²) >= 11 is 0. The van der Waals surface area contributed by atoms with Crippen LogP contribution >= 0.6 is 0 Å². The van der Waals surface area contributed by atoms with Gasteiger partial charge in [0.2, 0.25) is 5.82 Å². The van der Waals surface area contributed by atoms with Gasteiger partial charge in [-0.15, -0.1) is 10.2 Å². The van der Waals surface area contributed by atoms with Crippen molar-refractivity contribution in [3.05, 3.63) is 90.8 Å². The van der Waals surface area contributed by atoms with Crippen molar-refractivity contribution in [3.63, 3.8) is 0 Å². The Balaban J connectivity index is 1.47. The van der Waals surface area contributed by atoms with Crippen molar-refractivity contribution in [2.75, 3.05) is 0 Å². The lowest BCUT2D eigenvalue weighted by atomic mass is 9.72. The minimum atomic E-state index is -0.182. The summed E-state index contributed by atoms with van der Waals surface area (Å²) in [5.41, 5.74) is 14.3. The van der Waals surface area contributed by atoms with Crippen molar-refractivity contribution in [1.82, 2.24) is 29.1 Å². The molecule has 1 fully saturated rings. The molecular weight excluding hydrogens is 446 g/mol. The topological polar surface area (TPSA) is 86.9 Å². The number of hydrogen-bond donors (Lipinski definition) is 1. The first-order chi connectivity index (χ1) is 17.6. The van der Waals surface area contributed by atoms with Crippen LogP contribution in [0.4, 0.5) is 0 Å². The van der Waals surface area contributed by atoms with Gasteiger partial charge in [-0.25, -0.2) is 9.97 Å². The van der Waals surface area contributed by atoms with Crippen molar-refractivity contribution in [2.24, 2.45) is 12.8 Å². The van der Waals surface area contributed by atoms with Gasteiger partial charge in [0, 0.05) is 36.1 Å². The highest BCUT2D eigenvalue weighted by atomic mass is 15.3. The molecule has 2 aromatic carbocycles. The first-order valence-corrected chi connectivity index (χ1v) is 12.2. The van der Waals surface area contributed by atoms with Crippen molar-refractivity contribution >= 4 is 16.7 Å². The molecule has 0 amide bonds. The molecule has 0 radical (unpaired) electrons. The predicted octanol–water partition coefficient (Wildman–Crippen LogP) is 5.35. The van der Waals surface area contributed by atoms with E-state index in [2.05, 4.69) is 69.8 Å². The third kappa shape index (κ3) is 3.17. The highest BCUT2D eigenvalue weighted by molar-refractivity contribution is 5.91. The summed E-state index contributed by atoms with van der Waals surface area (Å²) < 4.78 is 3.99. The number of nitrogens with zero attached hydrogens (tertiary/aromatic N) is 6. The molecule has 36 heavy (non-hydrogen) atoms. The maximum atomic E-state index is 6.58. The number of pyridine rings is 2. The van der Waals surface area contributed by atoms with Gasteiger partial charge in [-0.05, 0) is 48.6 Å². The first-order valence-electron chi connectivity index (χ1n) is 12.2. The predicted molar refractivity (Wildman–Crippen MR) is 141 cm³/mol. The Morgan fingerprint density at radius 1 is 0.861 bits per heavy atom. The summed E-state index contributed by atoms with van der Waals surface area (Å²) in [6.45, 7) is 0. The standard InChI is InChI=1S/C29H25N7/c1-35-17-16-31-27(35)28-34-33-25-13-12-23-24(36(25)28)18-22(19-6-3-2-4-7-19)26(32-23)20-8-10-21(11-9-20)29(30)14-5-15-29/h2-4,6-13,16-18H,5,14-15,30H2,1H3. The molecule has 6 aromatic rings. The zero-order chi connectivity index (χ0) is 24.3. The lowest BCUT2D eigenvalue weighted by molar-refractivity contribution is 0.253. The molecule has 2 N–H and O–H groups in total. The van der Waals surface area contributed by atoms with Crippen molar-refractivity contribution in [3.8, 4) is 34.0 Å². The SMILES string of the molecule is Cn1ccnc1-c1nnc2ccc3nc(-c4ccc(C5(N)CCC5)cc4)c(-c4ccccc4)cc3n12. The normalized spacial score (nSPS) is 14.8. The van der Waals surface area contributed by atoms with Crippen molar-refractivity contribution in [1.29, 1.82) is 0 Å². The van der Waals surface area contributed by atoms with Gasteiger partial charge in [0.25, 0.3) is 0 Å². The molecular formula is C29H25N7. The van der Waals surface area contributed by atoms with Crippen LogP contribution in [0.15, 0.2) is 85.2 Å². The van der Waals surface area contributed by atoms with E-state index >= 15 is 0 Å². The maximum Gasteiger partial charge on any atom is 0.204 e. The Hall–Kier alpha value is -4.36. The third-order valence-electron chi connectivity index (χ3n) is 7.44. The van der Waals surface area contributed by atoms with Crippen LogP contribution in [0.25, 0.3) is 50.7 Å². The Labute approximate surface area is 208 Å². The van der Waals surface area contributed by atoms with Gasteiger partial charge < -0.3 is 10.3 Å². The number of nitrogens with two attached hydrogens (primary N) is 1. The van der Waals surface area contributed by atoms with E-state index in [1.165, 1.54) is 12.0 Å². The maximum absolute atomic E-state index is 6.58. The van der Waals surface area contributed by atoms with Gasteiger partial charge in [-0.3, -0.25) is 4.40 Å². The van der Waals surface area contributed by atoms with Gasteiger partial charge in [-0.1, -0.05) is 54.6 Å². The fraction of sp³-hybridized carbons (Fsp3) is 0.172. The number of imidazole rings is 1. The number of fused-ring (bicyclic) bond motifs is 3. The monoisotopic (exact) mass is 471 g/mol. The number of hydrogen-bond acceptors (Lipinski definition) is 5. The van der Waals surface area contributed by atoms with E-state index in [9.17, 15) is 0 Å². The number of aryl methyl sites for hydroxylation is 1. The lowest BCUT2D eigenvalue weighted by Gasteiger charge is -2.38. The van der Waals surface area contributed by atoms with Crippen LogP contribution in [-0.2, 0) is 12.6 Å². The van der Waals surface area contributed by atoms with E-state index in [0.717, 1.165) is 57.7 Å². The minimum Gasteiger partial charge on any atom is -0.331 e. The highest BCUT2D eigenvalue weighted by Gasteiger charge is 2.34. The van der Waals surface area contributed by atoms with E-state index in [1.807, 2.05) is 40.4 Å². The number of benzene rings is 2. The highest BCUT2D eigenvalue weighted by Crippen LogP contribution is 2.40. The van der Waals surface area contributed by atoms with Gasteiger partial charge in [-0.2, -0.15) is 0 Å². The Kier molecular flexibility index (Phi) is 4.56. The van der Waals surface area contributed by atoms with Gasteiger partial charge in [0.1, 0.15) is 0 Å². The quantitative estimate of drug-likeness (QED) is 0.375. The molecule has 0 saturated heterocycles. The average Bonchev–Trinajstić information content (AvgIpc) is 3.53. The molecule has 0 bridgehead atoms. The number of aromatic nitrogens is 6. The molecule has 1 saturated carbocycles. The summed E-state index contributed by atoms with van der Waals surface area (Å²) in [6.07, 6.45) is 6.96. The second-order valence-corrected chi connectivity index (χ2v) is 9.65. The molecule has 7 heteroatoms. The van der Waals surface area contributed by atoms with Gasteiger partial charge in [0.15, 0.2) is 11.5 Å². The molecule has 1 aliphatic carbocycles. The molecule has 0 atom stereocenters. The first kappa shape index (κ1) is 21.0. The molecule has 4 heterocycles. The molecule has 4 aromatic heterocycles. The second-order valence-electron chi connectivity index (χ2n) is 9.65. The van der Waals surface area contributed by atoms with E-state index in [0.29, 0.717) is 5.82 Å². The van der Waals surface area contributed by atoms with Crippen molar-refractivity contribution in [2.45, 2.75) is 24.8 Å². The smallest absolute Gasteiger partial charge is 0.204 e. The van der Waals surface area contributed by atoms with Crippen LogP contribution in [0.5, 0.6) is 0 Å². The van der Waals surface area contributed by atoms with Crippen LogP contribution in [0.2, 0.25) is 0 Å². The summed E-state index contributed by atoms with van der Waals surface area (Å²) in [7, 11) is 1.96. The van der Waals surface area contributed by atoms with Crippen LogP contribution in [0, 0.1) is 0 Å². The summed E-state index contributed by atoms with van der Waals surface area (Å²) in [4.78, 5) is 9.70. The zero-order valence-corrected chi connectivity index (χ0v) is 20.0. The van der Waals surface area contributed by atoms with Crippen LogP contribution in [0.3, 0.4) is 0 Å². The largest absolute Gasteiger partial charge is 0.331 e. The molecule has 176 valence electrons. The van der Waals surface area contributed by atoms with E-state index in [4.69, 9.17) is 10.7 Å². The van der Waals surface area contributed by atoms with Crippen LogP contribution < -0.4 is 5.73 Å². The molecule has 7 rings (SSSR count). The Morgan fingerprint density at radius 3 is 2.36 bits per heavy atom. The fourth-order valence-corrected chi connectivity index (χ4v) is 5.20. The number of rotatable bonds is 4. The average molecular weight is 472 g/mol. The zero-order valence-electron chi connectivity index (χ0n) is 20.0. The van der Waals surface area contributed by atoms with E-state index in [1.54, 1.807) is 6.20 Å². The Morgan fingerprint density at radius 2 is 1.67 bits per heavy atom. The minimum absolute atomic E-state index is 0.182. The second kappa shape index (κ2) is 7.83. The Bertz CT molecular complexity index is 1730. The molecule has 0 aliphatic heterocycles. The van der Waals surface area contributed by atoms with E-state index in [-0.39, 0.29) is 5.54 Å². The summed E-state index contributed by atoms with van der Waals surface area (Å²) in [5, 5.41) is 8.88. The third-order valence-corrected chi connectivity index (χ3v) is 7.44. The van der Waals surface area contributed by atoms with Gasteiger partial charge in [0.05, 0.1) is 16.7 Å². The van der Waals surface area contributed by atoms with E-state index < -0.39 is 0 Å². The lowest BCUT2D eigenvalue weighted by Crippen LogP contribution is -2.43. The van der Waals surface area contributed by atoms with Gasteiger partial charge >= 0.3 is 0 Å². The van der Waals surface area contributed by atoms with Crippen molar-refractivity contribution < 1.29 is 0 Å². The molecule has 0 unspecified atom stereocenters. The molecule has 7 nitrogen and oxygen atoms in total. The summed E-state index contributed by atoms with van der Waals surface area (Å²) in [5.74, 6) is 1.44. The van der Waals surface area contributed by atoms with Crippen LogP contribution in [-0.4, -0.2) is 29.1 Å².